The lowest BCUT2D eigenvalue weighted by Crippen LogP contribution is -2.30. The van der Waals surface area contributed by atoms with Crippen LogP contribution in [0.3, 0.4) is 0 Å². The number of aryl methyl sites for hydroxylation is 2. The molecule has 5 rings (SSSR count). The maximum Gasteiger partial charge on any atom is 0.333 e. The first kappa shape index (κ1) is 28.6. The lowest BCUT2D eigenvalue weighted by Gasteiger charge is -2.28. The number of nitrogens with one attached hydrogen (secondary N) is 1. The second kappa shape index (κ2) is 11.5. The molecule has 40 heavy (non-hydrogen) atoms. The number of nitrogens with zero attached hydrogens (tertiary/aromatic N) is 5. The van der Waals surface area contributed by atoms with Gasteiger partial charge < -0.3 is 19.1 Å². The third kappa shape index (κ3) is 5.24. The summed E-state index contributed by atoms with van der Waals surface area (Å²) in [5.74, 6) is 0.309. The summed E-state index contributed by atoms with van der Waals surface area (Å²) in [5, 5.41) is 10.7. The molecule has 4 aromatic rings. The van der Waals surface area contributed by atoms with E-state index in [0.29, 0.717) is 57.3 Å². The Balaban J connectivity index is 1.72. The van der Waals surface area contributed by atoms with Crippen LogP contribution in [0.1, 0.15) is 23.6 Å². The summed E-state index contributed by atoms with van der Waals surface area (Å²) in [6.07, 6.45) is 3.36. The van der Waals surface area contributed by atoms with E-state index in [2.05, 4.69) is 20.5 Å². The van der Waals surface area contributed by atoms with Gasteiger partial charge in [-0.25, -0.2) is 9.37 Å². The van der Waals surface area contributed by atoms with Gasteiger partial charge in [0.1, 0.15) is 19.2 Å². The van der Waals surface area contributed by atoms with E-state index < -0.39 is 19.6 Å². The van der Waals surface area contributed by atoms with Gasteiger partial charge in [-0.2, -0.15) is 10.2 Å². The maximum atomic E-state index is 14.5. The predicted octanol–water partition coefficient (Wildman–Crippen LogP) is 4.49. The number of hydrogen-bond acceptors (Lipinski definition) is 8. The molecule has 15 heteroatoms. The van der Waals surface area contributed by atoms with E-state index in [1.54, 1.807) is 40.9 Å². The van der Waals surface area contributed by atoms with Crippen LogP contribution < -0.4 is 10.1 Å². The molecule has 2 bridgehead atoms. The largest absolute Gasteiger partial charge is 0.485 e. The molecule has 4 radical (unpaired) electrons. The minimum atomic E-state index is -1.63. The molecule has 0 saturated carbocycles. The molecule has 10 nitrogen and oxygen atoms in total. The molecule has 1 aromatic carbocycles. The highest BCUT2D eigenvalue weighted by atomic mass is 35.5. The van der Waals surface area contributed by atoms with Crippen LogP contribution in [0.15, 0.2) is 36.7 Å². The number of benzene rings is 1. The first-order valence-corrected chi connectivity index (χ1v) is 13.7. The lowest BCUT2D eigenvalue weighted by molar-refractivity contribution is 0.216. The summed E-state index contributed by atoms with van der Waals surface area (Å²) < 4.78 is 39.8. The molecule has 0 unspecified atom stereocenters. The quantitative estimate of drug-likeness (QED) is 0.194. The molecule has 3 aromatic heterocycles. The van der Waals surface area contributed by atoms with E-state index in [0.717, 1.165) is 0 Å². The van der Waals surface area contributed by atoms with Crippen molar-refractivity contribution in [3.05, 3.63) is 64.3 Å². The number of rotatable bonds is 7. The zero-order chi connectivity index (χ0) is 28.6. The van der Waals surface area contributed by atoms with Gasteiger partial charge in [0, 0.05) is 62.5 Å². The standard InChI is InChI=1S/C25H25B2ClFN6O4P/c1-5-35-22-14-9-19(24(30-10-14)31-13-39-40(36-3)37-4)38-12-15-8-16(29)6-7-17(15)21-18(11-34(2)32-21)25(26,27)20(22)23(28)33-35/h6-11H,5,12-13H2,1-4H3,(H,30,31). The summed E-state index contributed by atoms with van der Waals surface area (Å²) in [5.41, 5.74) is 3.66. The molecule has 4 heterocycles. The predicted molar refractivity (Wildman–Crippen MR) is 152 cm³/mol. The minimum absolute atomic E-state index is 0.00454. The van der Waals surface area contributed by atoms with Gasteiger partial charge in [-0.15, -0.1) is 0 Å². The number of anilines is 1. The average molecular weight is 581 g/mol. The molecule has 1 aliphatic rings. The van der Waals surface area contributed by atoms with Gasteiger partial charge in [0.15, 0.2) is 16.7 Å². The Morgan fingerprint density at radius 1 is 1.23 bits per heavy atom. The maximum absolute atomic E-state index is 14.5. The Bertz CT molecular complexity index is 1550. The van der Waals surface area contributed by atoms with Crippen molar-refractivity contribution < 1.29 is 22.7 Å². The van der Waals surface area contributed by atoms with Gasteiger partial charge >= 0.3 is 8.60 Å². The molecular weight excluding hydrogens is 555 g/mol. The molecule has 0 spiro atoms. The van der Waals surface area contributed by atoms with Crippen LogP contribution in [0.4, 0.5) is 10.2 Å². The van der Waals surface area contributed by atoms with Crippen LogP contribution in [0, 0.1) is 5.82 Å². The number of hydrogen-bond donors (Lipinski definition) is 1. The van der Waals surface area contributed by atoms with E-state index in [1.807, 2.05) is 6.92 Å². The summed E-state index contributed by atoms with van der Waals surface area (Å²) in [7, 11) is 17.0. The van der Waals surface area contributed by atoms with Gasteiger partial charge in [0.05, 0.1) is 27.1 Å². The smallest absolute Gasteiger partial charge is 0.333 e. The second-order valence-electron chi connectivity index (χ2n) is 8.96. The van der Waals surface area contributed by atoms with E-state index in [-0.39, 0.29) is 18.5 Å². The molecular formula is C25H25B2ClFN6O4P. The molecule has 1 N–H and O–H groups in total. The van der Waals surface area contributed by atoms with E-state index >= 15 is 0 Å². The summed E-state index contributed by atoms with van der Waals surface area (Å²) >= 11 is 6.71. The number of pyridine rings is 1. The number of aromatic nitrogens is 5. The Hall–Kier alpha value is -2.95. The van der Waals surface area contributed by atoms with Crippen molar-refractivity contribution in [3.63, 3.8) is 0 Å². The third-order valence-corrected chi connectivity index (χ3v) is 7.64. The highest BCUT2D eigenvalue weighted by Crippen LogP contribution is 2.44. The van der Waals surface area contributed by atoms with Crippen molar-refractivity contribution >= 4 is 41.7 Å². The van der Waals surface area contributed by atoms with Crippen molar-refractivity contribution in [2.45, 2.75) is 25.3 Å². The fourth-order valence-electron chi connectivity index (χ4n) is 4.66. The molecule has 0 amide bonds. The third-order valence-electron chi connectivity index (χ3n) is 6.44. The van der Waals surface area contributed by atoms with Crippen LogP contribution in [0.2, 0.25) is 5.15 Å². The SMILES string of the molecule is [B]C1([B])c2cn(C)nc2-c2ccc(F)cc2COc2cc(cnc2NCOP(OC)OC)-c2c1c(Cl)nn2CC. The topological polar surface area (TPSA) is 97.5 Å². The van der Waals surface area contributed by atoms with Crippen LogP contribution in [0.5, 0.6) is 5.75 Å². The number of halogens is 2. The molecule has 1 aliphatic heterocycles. The van der Waals surface area contributed by atoms with Gasteiger partial charge in [-0.05, 0) is 42.0 Å². The zero-order valence-corrected chi connectivity index (χ0v) is 24.0. The summed E-state index contributed by atoms with van der Waals surface area (Å²) in [6, 6.07) is 6.13. The van der Waals surface area contributed by atoms with Crippen LogP contribution in [-0.2, 0) is 39.0 Å². The van der Waals surface area contributed by atoms with Crippen LogP contribution in [-0.4, -0.2) is 61.2 Å². The second-order valence-corrected chi connectivity index (χ2v) is 10.8. The van der Waals surface area contributed by atoms with E-state index in [4.69, 9.17) is 45.6 Å². The average Bonchev–Trinajstić information content (AvgIpc) is 3.50. The Morgan fingerprint density at radius 3 is 2.73 bits per heavy atom. The minimum Gasteiger partial charge on any atom is -0.485 e. The van der Waals surface area contributed by atoms with Crippen molar-refractivity contribution in [2.24, 2.45) is 7.05 Å². The van der Waals surface area contributed by atoms with Crippen molar-refractivity contribution in [1.29, 1.82) is 0 Å². The van der Waals surface area contributed by atoms with Gasteiger partial charge in [0.2, 0.25) is 0 Å². The Morgan fingerprint density at radius 2 is 2.00 bits per heavy atom. The molecule has 0 fully saturated rings. The van der Waals surface area contributed by atoms with Crippen molar-refractivity contribution in [3.8, 4) is 28.3 Å². The fraction of sp³-hybridized carbons (Fsp3) is 0.320. The lowest BCUT2D eigenvalue weighted by atomic mass is 9.47. The Labute approximate surface area is 239 Å². The number of ether oxygens (including phenoxy) is 1. The molecule has 0 aliphatic carbocycles. The van der Waals surface area contributed by atoms with Gasteiger partial charge in [-0.3, -0.25) is 13.9 Å². The van der Waals surface area contributed by atoms with Crippen molar-refractivity contribution in [1.82, 2.24) is 24.5 Å². The van der Waals surface area contributed by atoms with E-state index in [9.17, 15) is 4.39 Å². The monoisotopic (exact) mass is 580 g/mol. The molecule has 0 atom stereocenters. The normalized spacial score (nSPS) is 14.0. The highest BCUT2D eigenvalue weighted by molar-refractivity contribution is 7.41. The summed E-state index contributed by atoms with van der Waals surface area (Å²) in [4.78, 5) is 4.58. The number of fused-ring (bicyclic) bond motifs is 7. The van der Waals surface area contributed by atoms with Crippen LogP contribution >= 0.6 is 20.2 Å². The van der Waals surface area contributed by atoms with Crippen molar-refractivity contribution in [2.75, 3.05) is 26.3 Å². The van der Waals surface area contributed by atoms with Gasteiger partial charge in [-0.1, -0.05) is 11.6 Å². The van der Waals surface area contributed by atoms with Crippen LogP contribution in [0.25, 0.3) is 22.5 Å². The zero-order valence-electron chi connectivity index (χ0n) is 22.3. The first-order valence-electron chi connectivity index (χ1n) is 12.2. The Kier molecular flexibility index (Phi) is 8.22. The molecule has 204 valence electrons. The fourth-order valence-corrected chi connectivity index (χ4v) is 5.53. The van der Waals surface area contributed by atoms with Gasteiger partial charge in [0.25, 0.3) is 0 Å². The molecule has 0 saturated heterocycles. The summed E-state index contributed by atoms with van der Waals surface area (Å²) in [6.45, 7) is 2.43. The highest BCUT2D eigenvalue weighted by Gasteiger charge is 2.36. The van der Waals surface area contributed by atoms with E-state index in [1.165, 1.54) is 26.4 Å². The first-order chi connectivity index (χ1) is 19.2.